The molecule has 7 nitrogen and oxygen atoms in total. The number of imidazole rings is 1. The Bertz CT molecular complexity index is 1260. The van der Waals surface area contributed by atoms with Crippen molar-refractivity contribution in [3.8, 4) is 22.5 Å². The fraction of sp³-hybridized carbons (Fsp3) is 0.360. The summed E-state index contributed by atoms with van der Waals surface area (Å²) in [6.45, 7) is 6.76. The average Bonchev–Trinajstić information content (AvgIpc) is 3.42. The van der Waals surface area contributed by atoms with Crippen LogP contribution in [0.2, 0.25) is 0 Å². The van der Waals surface area contributed by atoms with Gasteiger partial charge in [0.25, 0.3) is 0 Å². The molecule has 33 heavy (non-hydrogen) atoms. The third-order valence-corrected chi connectivity index (χ3v) is 5.70. The van der Waals surface area contributed by atoms with Gasteiger partial charge in [0, 0.05) is 12.1 Å². The molecule has 8 heteroatoms. The molecule has 2 heterocycles. The molecule has 2 aromatic heterocycles. The van der Waals surface area contributed by atoms with Crippen molar-refractivity contribution in [2.75, 3.05) is 0 Å². The molecule has 0 radical (unpaired) electrons. The number of H-pyrrole nitrogens is 1. The third kappa shape index (κ3) is 4.79. The van der Waals surface area contributed by atoms with Crippen LogP contribution in [0.5, 0.6) is 0 Å². The second-order valence-corrected chi connectivity index (χ2v) is 8.69. The zero-order valence-electron chi connectivity index (χ0n) is 19.3. The van der Waals surface area contributed by atoms with Crippen molar-refractivity contribution in [1.82, 2.24) is 29.8 Å². The summed E-state index contributed by atoms with van der Waals surface area (Å²) in [6.07, 6.45) is 2.34. The number of benzene rings is 2. The summed E-state index contributed by atoms with van der Waals surface area (Å²) in [6, 6.07) is 15.8. The van der Waals surface area contributed by atoms with Crippen LogP contribution in [0.1, 0.15) is 44.9 Å². The molecule has 0 aliphatic carbocycles. The zero-order valence-corrected chi connectivity index (χ0v) is 19.3. The van der Waals surface area contributed by atoms with Gasteiger partial charge in [0.1, 0.15) is 0 Å². The number of nitrogens with one attached hydrogen (secondary N) is 1. The van der Waals surface area contributed by atoms with Gasteiger partial charge in [-0.15, -0.1) is 10.2 Å². The van der Waals surface area contributed by atoms with Crippen LogP contribution in [0.15, 0.2) is 53.3 Å². The predicted octanol–water partition coefficient (Wildman–Crippen LogP) is 4.68. The molecule has 0 aliphatic heterocycles. The number of hydrogen-bond acceptors (Lipinski definition) is 4. The SMILES string of the molecule is CCCCc1c(F)n(CC(C)C)c(=O)n1Cc1ccc(-c2ccccc2-c2nn[nH]n2)cc1. The zero-order chi connectivity index (χ0) is 23.4. The van der Waals surface area contributed by atoms with Crippen molar-refractivity contribution >= 4 is 0 Å². The summed E-state index contributed by atoms with van der Waals surface area (Å²) in [4.78, 5) is 13.0. The van der Waals surface area contributed by atoms with Gasteiger partial charge in [-0.1, -0.05) is 75.7 Å². The summed E-state index contributed by atoms with van der Waals surface area (Å²) >= 11 is 0. The molecule has 1 N–H and O–H groups in total. The Morgan fingerprint density at radius 3 is 2.39 bits per heavy atom. The minimum Gasteiger partial charge on any atom is -0.289 e. The van der Waals surface area contributed by atoms with Crippen molar-refractivity contribution in [1.29, 1.82) is 0 Å². The second-order valence-electron chi connectivity index (χ2n) is 8.69. The molecule has 0 spiro atoms. The third-order valence-electron chi connectivity index (χ3n) is 5.70. The number of aromatic nitrogens is 6. The first-order valence-corrected chi connectivity index (χ1v) is 11.4. The number of aromatic amines is 1. The lowest BCUT2D eigenvalue weighted by Gasteiger charge is -2.10. The first-order valence-electron chi connectivity index (χ1n) is 11.4. The lowest BCUT2D eigenvalue weighted by Crippen LogP contribution is -2.27. The first kappa shape index (κ1) is 22.6. The number of hydrogen-bond donors (Lipinski definition) is 1. The highest BCUT2D eigenvalue weighted by molar-refractivity contribution is 5.80. The number of halogens is 1. The van der Waals surface area contributed by atoms with E-state index in [-0.39, 0.29) is 11.6 Å². The lowest BCUT2D eigenvalue weighted by molar-refractivity contribution is 0.424. The topological polar surface area (TPSA) is 81.4 Å². The van der Waals surface area contributed by atoms with E-state index in [4.69, 9.17) is 0 Å². The Hall–Kier alpha value is -3.55. The molecule has 4 aromatic rings. The van der Waals surface area contributed by atoms with Crippen molar-refractivity contribution < 1.29 is 4.39 Å². The molecule has 0 atom stereocenters. The standard InChI is InChI=1S/C25H29FN6O/c1-4-5-10-22-23(26)32(15-17(2)3)25(33)31(22)16-18-11-13-19(14-12-18)20-8-6-7-9-21(20)24-27-29-30-28-24/h6-9,11-14,17H,4-5,10,15-16H2,1-3H3,(H,27,28,29,30). The monoisotopic (exact) mass is 448 g/mol. The van der Waals surface area contributed by atoms with Gasteiger partial charge in [0.05, 0.1) is 12.2 Å². The molecule has 2 aromatic carbocycles. The molecule has 0 saturated carbocycles. The number of tetrazole rings is 1. The Morgan fingerprint density at radius 1 is 1.03 bits per heavy atom. The van der Waals surface area contributed by atoms with E-state index in [0.717, 1.165) is 35.1 Å². The van der Waals surface area contributed by atoms with E-state index < -0.39 is 5.95 Å². The summed E-state index contributed by atoms with van der Waals surface area (Å²) < 4.78 is 18.0. The fourth-order valence-electron chi connectivity index (χ4n) is 4.06. The normalized spacial score (nSPS) is 11.4. The van der Waals surface area contributed by atoms with Gasteiger partial charge in [-0.3, -0.25) is 9.13 Å². The molecular formula is C25H29FN6O. The molecule has 172 valence electrons. The van der Waals surface area contributed by atoms with Crippen molar-refractivity contribution in [3.05, 3.63) is 76.2 Å². The van der Waals surface area contributed by atoms with Gasteiger partial charge in [0.2, 0.25) is 11.8 Å². The maximum absolute atomic E-state index is 15.1. The Labute approximate surface area is 192 Å². The molecule has 4 rings (SSSR count). The summed E-state index contributed by atoms with van der Waals surface area (Å²) in [5.41, 5.74) is 4.02. The van der Waals surface area contributed by atoms with Crippen LogP contribution in [0, 0.1) is 11.9 Å². The van der Waals surface area contributed by atoms with Crippen LogP contribution >= 0.6 is 0 Å². The molecule has 0 fully saturated rings. The van der Waals surface area contributed by atoms with E-state index in [9.17, 15) is 4.79 Å². The van der Waals surface area contributed by atoms with Crippen molar-refractivity contribution in [3.63, 3.8) is 0 Å². The van der Waals surface area contributed by atoms with Gasteiger partial charge in [-0.05, 0) is 40.7 Å². The van der Waals surface area contributed by atoms with Crippen LogP contribution in [0.3, 0.4) is 0 Å². The molecule has 0 bridgehead atoms. The summed E-state index contributed by atoms with van der Waals surface area (Å²) in [7, 11) is 0. The highest BCUT2D eigenvalue weighted by Gasteiger charge is 2.20. The van der Waals surface area contributed by atoms with E-state index in [0.29, 0.717) is 31.0 Å². The quantitative estimate of drug-likeness (QED) is 0.403. The minimum atomic E-state index is -0.396. The van der Waals surface area contributed by atoms with E-state index in [2.05, 4.69) is 27.5 Å². The van der Waals surface area contributed by atoms with E-state index in [1.807, 2.05) is 62.4 Å². The van der Waals surface area contributed by atoms with Crippen LogP contribution in [-0.4, -0.2) is 29.8 Å². The fourth-order valence-corrected chi connectivity index (χ4v) is 4.06. The van der Waals surface area contributed by atoms with Crippen molar-refractivity contribution in [2.24, 2.45) is 5.92 Å². The maximum Gasteiger partial charge on any atom is 0.330 e. The molecule has 0 saturated heterocycles. The highest BCUT2D eigenvalue weighted by atomic mass is 19.1. The number of nitrogens with zero attached hydrogens (tertiary/aromatic N) is 5. The average molecular weight is 449 g/mol. The Balaban J connectivity index is 1.65. The van der Waals surface area contributed by atoms with Crippen LogP contribution in [0.4, 0.5) is 4.39 Å². The van der Waals surface area contributed by atoms with Gasteiger partial charge >= 0.3 is 5.69 Å². The van der Waals surface area contributed by atoms with Crippen LogP contribution < -0.4 is 5.69 Å². The predicted molar refractivity (Wildman–Crippen MR) is 126 cm³/mol. The number of unbranched alkanes of at least 4 members (excludes halogenated alkanes) is 1. The lowest BCUT2D eigenvalue weighted by atomic mass is 9.98. The van der Waals surface area contributed by atoms with E-state index in [1.165, 1.54) is 4.57 Å². The van der Waals surface area contributed by atoms with Crippen LogP contribution in [0.25, 0.3) is 22.5 Å². The first-order chi connectivity index (χ1) is 16.0. The minimum absolute atomic E-state index is 0.186. The largest absolute Gasteiger partial charge is 0.330 e. The molecule has 0 aliphatic rings. The maximum atomic E-state index is 15.1. The summed E-state index contributed by atoms with van der Waals surface area (Å²) in [5.74, 6) is 0.321. The van der Waals surface area contributed by atoms with E-state index in [1.54, 1.807) is 4.57 Å². The Kier molecular flexibility index (Phi) is 6.82. The van der Waals surface area contributed by atoms with Gasteiger partial charge in [0.15, 0.2) is 0 Å². The second kappa shape index (κ2) is 9.94. The molecule has 0 unspecified atom stereocenters. The highest BCUT2D eigenvalue weighted by Crippen LogP contribution is 2.29. The molecule has 0 amide bonds. The van der Waals surface area contributed by atoms with Gasteiger partial charge in [-0.2, -0.15) is 9.60 Å². The number of rotatable bonds is 9. The Morgan fingerprint density at radius 2 is 1.76 bits per heavy atom. The van der Waals surface area contributed by atoms with Crippen molar-refractivity contribution in [2.45, 2.75) is 53.1 Å². The smallest absolute Gasteiger partial charge is 0.289 e. The van der Waals surface area contributed by atoms with Gasteiger partial charge < -0.3 is 0 Å². The summed E-state index contributed by atoms with van der Waals surface area (Å²) in [5, 5.41) is 14.3. The molecular weight excluding hydrogens is 419 g/mol. The van der Waals surface area contributed by atoms with Crippen LogP contribution in [-0.2, 0) is 19.5 Å². The van der Waals surface area contributed by atoms with E-state index >= 15 is 4.39 Å². The van der Waals surface area contributed by atoms with Gasteiger partial charge in [-0.25, -0.2) is 4.79 Å².